The van der Waals surface area contributed by atoms with Crippen LogP contribution in [0.4, 0.5) is 5.69 Å². The maximum Gasteiger partial charge on any atom is 0.268 e. The smallest absolute Gasteiger partial charge is 0.268 e. The molecular formula is C21H24N8OS. The van der Waals surface area contributed by atoms with Gasteiger partial charge in [0.15, 0.2) is 5.65 Å². The van der Waals surface area contributed by atoms with Crippen LogP contribution in [0.5, 0.6) is 0 Å². The minimum Gasteiger partial charge on any atom is -0.405 e. The van der Waals surface area contributed by atoms with Crippen LogP contribution >= 0.6 is 11.3 Å². The van der Waals surface area contributed by atoms with Crippen LogP contribution in [0.25, 0.3) is 10.3 Å². The number of carbonyl (C=O) groups is 1. The predicted molar refractivity (Wildman–Crippen MR) is 126 cm³/mol. The molecule has 2 heterocycles. The SMILES string of the molecule is CNc1cccc(CNC(=O)c2c(C=N)c3sc(CC(=N)/C=C\N)nc3n2C)c1C=N. The number of hydrogen-bond donors (Lipinski definition) is 6. The van der Waals surface area contributed by atoms with Gasteiger partial charge in [-0.1, -0.05) is 12.1 Å². The average Bonchev–Trinajstić information content (AvgIpc) is 3.28. The molecule has 7 N–H and O–H groups in total. The van der Waals surface area contributed by atoms with E-state index in [0.717, 1.165) is 27.2 Å². The van der Waals surface area contributed by atoms with E-state index in [1.807, 2.05) is 18.2 Å². The standard InChI is InChI=1S/C21H24N8OS/c1-26-16-5-3-4-12(14(16)9-23)11-27-21(30)18-15(10-24)19-20(29(18)2)28-17(31-19)8-13(25)6-7-22/h3-7,9-10,23-26H,8,11,22H2,1-2H3,(H,27,30)/b7-6-,23-9?,24-10?,25-13?. The first-order valence-corrected chi connectivity index (χ1v) is 10.3. The molecule has 9 nitrogen and oxygen atoms in total. The number of nitrogens with one attached hydrogen (secondary N) is 5. The minimum absolute atomic E-state index is 0.247. The molecule has 0 bridgehead atoms. The minimum atomic E-state index is -0.322. The van der Waals surface area contributed by atoms with E-state index in [9.17, 15) is 4.79 Å². The Balaban J connectivity index is 1.89. The lowest BCUT2D eigenvalue weighted by Gasteiger charge is -2.12. The lowest BCUT2D eigenvalue weighted by Crippen LogP contribution is -2.26. The fourth-order valence-corrected chi connectivity index (χ4v) is 4.52. The number of hydrogen-bond acceptors (Lipinski definition) is 8. The van der Waals surface area contributed by atoms with Crippen molar-refractivity contribution < 1.29 is 4.79 Å². The molecular weight excluding hydrogens is 412 g/mol. The summed E-state index contributed by atoms with van der Waals surface area (Å²) < 4.78 is 2.41. The summed E-state index contributed by atoms with van der Waals surface area (Å²) in [6, 6.07) is 5.60. The summed E-state index contributed by atoms with van der Waals surface area (Å²) in [4.78, 5) is 17.6. The highest BCUT2D eigenvalue weighted by molar-refractivity contribution is 7.19. The molecule has 0 radical (unpaired) electrons. The van der Waals surface area contributed by atoms with Crippen molar-refractivity contribution in [2.75, 3.05) is 12.4 Å². The lowest BCUT2D eigenvalue weighted by molar-refractivity contribution is 0.0943. The largest absolute Gasteiger partial charge is 0.405 e. The summed E-state index contributed by atoms with van der Waals surface area (Å²) in [6.45, 7) is 0.247. The third-order valence-corrected chi connectivity index (χ3v) is 5.93. The van der Waals surface area contributed by atoms with E-state index < -0.39 is 0 Å². The third kappa shape index (κ3) is 4.24. The number of anilines is 1. The molecule has 0 atom stereocenters. The first kappa shape index (κ1) is 21.9. The van der Waals surface area contributed by atoms with Crippen LogP contribution < -0.4 is 16.4 Å². The van der Waals surface area contributed by atoms with Gasteiger partial charge in [-0.15, -0.1) is 11.3 Å². The highest BCUT2D eigenvalue weighted by Gasteiger charge is 2.23. The van der Waals surface area contributed by atoms with Gasteiger partial charge in [-0.3, -0.25) is 4.79 Å². The van der Waals surface area contributed by atoms with Gasteiger partial charge in [-0.2, -0.15) is 0 Å². The Kier molecular flexibility index (Phi) is 6.61. The molecule has 2 aromatic heterocycles. The van der Waals surface area contributed by atoms with Gasteiger partial charge in [0.25, 0.3) is 5.91 Å². The van der Waals surface area contributed by atoms with E-state index in [1.54, 1.807) is 18.7 Å². The zero-order valence-corrected chi connectivity index (χ0v) is 18.1. The molecule has 3 rings (SSSR count). The van der Waals surface area contributed by atoms with Crippen LogP contribution in [0.3, 0.4) is 0 Å². The Hall–Kier alpha value is -3.79. The maximum absolute atomic E-state index is 13.0. The number of nitrogens with zero attached hydrogens (tertiary/aromatic N) is 2. The van der Waals surface area contributed by atoms with Crippen LogP contribution in [0.2, 0.25) is 0 Å². The number of allylic oxidation sites excluding steroid dienone is 1. The highest BCUT2D eigenvalue weighted by atomic mass is 32.1. The molecule has 1 amide bonds. The first-order valence-electron chi connectivity index (χ1n) is 9.47. The molecule has 0 aliphatic rings. The average molecular weight is 437 g/mol. The highest BCUT2D eigenvalue weighted by Crippen LogP contribution is 2.30. The van der Waals surface area contributed by atoms with Crippen molar-refractivity contribution in [1.29, 1.82) is 16.2 Å². The van der Waals surface area contributed by atoms with Crippen LogP contribution in [0.1, 0.15) is 32.2 Å². The number of rotatable bonds is 9. The van der Waals surface area contributed by atoms with E-state index in [4.69, 9.17) is 22.0 Å². The van der Waals surface area contributed by atoms with Crippen molar-refractivity contribution in [3.8, 4) is 0 Å². The summed E-state index contributed by atoms with van der Waals surface area (Å²) in [7, 11) is 3.52. The zero-order valence-electron chi connectivity index (χ0n) is 17.2. The first-order chi connectivity index (χ1) is 14.9. The molecule has 0 unspecified atom stereocenters. The van der Waals surface area contributed by atoms with E-state index in [1.165, 1.54) is 29.8 Å². The Bertz CT molecular complexity index is 1200. The topological polar surface area (TPSA) is 157 Å². The van der Waals surface area contributed by atoms with E-state index in [0.29, 0.717) is 34.6 Å². The summed E-state index contributed by atoms with van der Waals surface area (Å²) in [5.41, 5.74) is 9.46. The third-order valence-electron chi connectivity index (χ3n) is 4.85. The van der Waals surface area contributed by atoms with Crippen molar-refractivity contribution in [2.24, 2.45) is 12.8 Å². The second kappa shape index (κ2) is 9.35. The summed E-state index contributed by atoms with van der Waals surface area (Å²) in [5, 5.41) is 30.1. The quantitative estimate of drug-likeness (QED) is 0.285. The Morgan fingerprint density at radius 1 is 1.29 bits per heavy atom. The van der Waals surface area contributed by atoms with Crippen molar-refractivity contribution in [1.82, 2.24) is 14.9 Å². The molecule has 0 aliphatic heterocycles. The zero-order chi connectivity index (χ0) is 22.5. The maximum atomic E-state index is 13.0. The fraction of sp³-hybridized carbons (Fsp3) is 0.190. The number of fused-ring (bicyclic) bond motifs is 1. The molecule has 0 saturated heterocycles. The van der Waals surface area contributed by atoms with Crippen LogP contribution in [0.15, 0.2) is 30.5 Å². The Morgan fingerprint density at radius 2 is 2.03 bits per heavy atom. The van der Waals surface area contributed by atoms with Gasteiger partial charge in [0, 0.05) is 62.0 Å². The van der Waals surface area contributed by atoms with Crippen molar-refractivity contribution in [3.05, 3.63) is 57.9 Å². The predicted octanol–water partition coefficient (Wildman–Crippen LogP) is 2.64. The summed E-state index contributed by atoms with van der Waals surface area (Å²) in [6.07, 6.45) is 5.58. The van der Waals surface area contributed by atoms with Crippen molar-refractivity contribution >= 4 is 51.4 Å². The molecule has 0 aliphatic carbocycles. The normalized spacial score (nSPS) is 11.0. The van der Waals surface area contributed by atoms with Crippen LogP contribution in [-0.2, 0) is 20.0 Å². The van der Waals surface area contributed by atoms with Crippen molar-refractivity contribution in [2.45, 2.75) is 13.0 Å². The number of thiazole rings is 1. The Labute approximate surface area is 183 Å². The number of aromatic nitrogens is 2. The Morgan fingerprint density at radius 3 is 2.68 bits per heavy atom. The number of amides is 1. The van der Waals surface area contributed by atoms with Gasteiger partial charge in [0.05, 0.1) is 4.70 Å². The number of aryl methyl sites for hydroxylation is 1. The van der Waals surface area contributed by atoms with Gasteiger partial charge >= 0.3 is 0 Å². The van der Waals surface area contributed by atoms with Gasteiger partial charge in [-0.05, 0) is 23.9 Å². The lowest BCUT2D eigenvalue weighted by atomic mass is 10.1. The monoisotopic (exact) mass is 436 g/mol. The number of benzene rings is 1. The molecule has 10 heteroatoms. The van der Waals surface area contributed by atoms with Gasteiger partial charge in [-0.25, -0.2) is 4.98 Å². The second-order valence-electron chi connectivity index (χ2n) is 6.74. The molecule has 160 valence electrons. The number of nitrogens with two attached hydrogens (primary N) is 1. The van der Waals surface area contributed by atoms with Gasteiger partial charge in [0.2, 0.25) is 0 Å². The summed E-state index contributed by atoms with van der Waals surface area (Å²) >= 11 is 1.36. The van der Waals surface area contributed by atoms with Gasteiger partial charge in [0.1, 0.15) is 10.7 Å². The van der Waals surface area contributed by atoms with Crippen LogP contribution in [0, 0.1) is 16.2 Å². The fourth-order valence-electron chi connectivity index (χ4n) is 3.39. The molecule has 0 fully saturated rings. The summed E-state index contributed by atoms with van der Waals surface area (Å²) in [5.74, 6) is -0.322. The van der Waals surface area contributed by atoms with Crippen LogP contribution in [-0.4, -0.2) is 40.6 Å². The van der Waals surface area contributed by atoms with E-state index in [2.05, 4.69) is 15.6 Å². The van der Waals surface area contributed by atoms with E-state index >= 15 is 0 Å². The molecule has 31 heavy (non-hydrogen) atoms. The second-order valence-corrected chi connectivity index (χ2v) is 7.83. The molecule has 0 spiro atoms. The van der Waals surface area contributed by atoms with Crippen molar-refractivity contribution in [3.63, 3.8) is 0 Å². The van der Waals surface area contributed by atoms with Gasteiger partial charge < -0.3 is 37.2 Å². The molecule has 3 aromatic rings. The number of carbonyl (C=O) groups excluding carboxylic acids is 1. The molecule has 0 saturated carbocycles. The molecule has 1 aromatic carbocycles. The van der Waals surface area contributed by atoms with E-state index in [-0.39, 0.29) is 12.5 Å².